The molecule has 0 spiro atoms. The van der Waals surface area contributed by atoms with Gasteiger partial charge in [0, 0.05) is 7.11 Å². The smallest absolute Gasteiger partial charge is 0.360 e. The van der Waals surface area contributed by atoms with Crippen LogP contribution in [0, 0.1) is 11.6 Å². The Kier molecular flexibility index (Phi) is 6.45. The molecule has 2 aromatic carbocycles. The number of aliphatic hydroxyl groups is 1. The molecule has 0 amide bonds. The highest BCUT2D eigenvalue weighted by atomic mass is 19.1. The first kappa shape index (κ1) is 16.7. The van der Waals surface area contributed by atoms with Crippen molar-refractivity contribution in [1.29, 1.82) is 0 Å². The number of aliphatic hydroxyl groups excluding tert-OH is 1. The van der Waals surface area contributed by atoms with E-state index in [1.54, 1.807) is 24.3 Å². The van der Waals surface area contributed by atoms with Gasteiger partial charge in [0.15, 0.2) is 0 Å². The Morgan fingerprint density at radius 3 is 1.48 bits per heavy atom. The summed E-state index contributed by atoms with van der Waals surface area (Å²) in [6.07, 6.45) is -1.68. The molecule has 0 aliphatic carbocycles. The van der Waals surface area contributed by atoms with Gasteiger partial charge in [-0.1, -0.05) is 24.3 Å². The summed E-state index contributed by atoms with van der Waals surface area (Å²) in [5, 5.41) is 15.9. The monoisotopic (exact) mass is 296 g/mol. The van der Waals surface area contributed by atoms with Crippen LogP contribution in [0.25, 0.3) is 11.1 Å². The molecule has 0 aromatic heterocycles. The van der Waals surface area contributed by atoms with Gasteiger partial charge in [-0.3, -0.25) is 0 Å². The fourth-order valence-corrected chi connectivity index (χ4v) is 1.39. The minimum atomic E-state index is -1.68. The second-order valence-electron chi connectivity index (χ2n) is 3.94. The zero-order valence-corrected chi connectivity index (χ0v) is 11.2. The van der Waals surface area contributed by atoms with Crippen LogP contribution in [0.5, 0.6) is 0 Å². The number of halogens is 2. The Morgan fingerprint density at radius 1 is 0.952 bits per heavy atom. The third-order valence-corrected chi connectivity index (χ3v) is 2.46. The SMILES string of the molecule is COC(O)C(=O)O.Fc1ccc(-c2ccc(F)cc2)cc1. The molecule has 0 saturated carbocycles. The highest BCUT2D eigenvalue weighted by Crippen LogP contribution is 2.19. The quantitative estimate of drug-likeness (QED) is 0.855. The Hall–Kier alpha value is -2.31. The van der Waals surface area contributed by atoms with Crippen LogP contribution in [0.1, 0.15) is 0 Å². The number of carboxylic acids is 1. The minimum Gasteiger partial charge on any atom is -0.477 e. The van der Waals surface area contributed by atoms with Crippen molar-refractivity contribution in [2.75, 3.05) is 7.11 Å². The van der Waals surface area contributed by atoms with E-state index in [2.05, 4.69) is 4.74 Å². The first-order valence-corrected chi connectivity index (χ1v) is 5.89. The topological polar surface area (TPSA) is 66.8 Å². The van der Waals surface area contributed by atoms with Crippen molar-refractivity contribution in [2.24, 2.45) is 0 Å². The van der Waals surface area contributed by atoms with Gasteiger partial charge >= 0.3 is 5.97 Å². The zero-order valence-electron chi connectivity index (χ0n) is 11.2. The number of methoxy groups -OCH3 is 1. The van der Waals surface area contributed by atoms with Gasteiger partial charge in [-0.2, -0.15) is 0 Å². The third kappa shape index (κ3) is 5.68. The lowest BCUT2D eigenvalue weighted by molar-refractivity contribution is -0.171. The standard InChI is InChI=1S/C12H8F2.C3H6O4/c13-11-5-1-9(2-6-11)10-3-7-12(14)8-4-10;1-7-3(6)2(4)5/h1-8H;3,6H,1H3,(H,4,5). The maximum absolute atomic E-state index is 12.6. The van der Waals surface area contributed by atoms with Crippen LogP contribution in [-0.2, 0) is 9.53 Å². The molecule has 112 valence electrons. The number of carbonyl (C=O) groups is 1. The summed E-state index contributed by atoms with van der Waals surface area (Å²) in [6.45, 7) is 0. The van der Waals surface area contributed by atoms with Gasteiger partial charge in [-0.05, 0) is 35.4 Å². The third-order valence-electron chi connectivity index (χ3n) is 2.46. The van der Waals surface area contributed by atoms with Crippen molar-refractivity contribution in [3.8, 4) is 11.1 Å². The fraction of sp³-hybridized carbons (Fsp3) is 0.133. The molecule has 2 aromatic rings. The molecule has 1 atom stereocenters. The molecule has 21 heavy (non-hydrogen) atoms. The maximum atomic E-state index is 12.6. The van der Waals surface area contributed by atoms with E-state index in [-0.39, 0.29) is 11.6 Å². The first-order valence-electron chi connectivity index (χ1n) is 5.89. The summed E-state index contributed by atoms with van der Waals surface area (Å²) in [6, 6.07) is 12.2. The summed E-state index contributed by atoms with van der Waals surface area (Å²) in [5.74, 6) is -1.91. The van der Waals surface area contributed by atoms with Crippen molar-refractivity contribution in [1.82, 2.24) is 0 Å². The Balaban J connectivity index is 0.000000270. The predicted molar refractivity (Wildman–Crippen MR) is 72.4 cm³/mol. The molecule has 1 unspecified atom stereocenters. The second-order valence-corrected chi connectivity index (χ2v) is 3.94. The molecule has 0 bridgehead atoms. The van der Waals surface area contributed by atoms with Gasteiger partial charge in [0.1, 0.15) is 11.6 Å². The maximum Gasteiger partial charge on any atom is 0.360 e. The lowest BCUT2D eigenvalue weighted by Crippen LogP contribution is -2.20. The van der Waals surface area contributed by atoms with Crippen LogP contribution < -0.4 is 0 Å². The lowest BCUT2D eigenvalue weighted by Gasteiger charge is -2.00. The Labute approximate surface area is 120 Å². The Bertz CT molecular complexity index is 524. The van der Waals surface area contributed by atoms with E-state index < -0.39 is 12.3 Å². The number of carboxylic acid groups (broad SMARTS) is 1. The van der Waals surface area contributed by atoms with Crippen LogP contribution >= 0.6 is 0 Å². The average Bonchev–Trinajstić information content (AvgIpc) is 2.48. The molecule has 0 fully saturated rings. The number of hydrogen-bond donors (Lipinski definition) is 2. The number of aliphatic carboxylic acids is 1. The molecule has 2 N–H and O–H groups in total. The molecule has 0 radical (unpaired) electrons. The van der Waals surface area contributed by atoms with E-state index in [1.807, 2.05) is 0 Å². The number of rotatable bonds is 3. The molecule has 0 heterocycles. The van der Waals surface area contributed by atoms with E-state index in [4.69, 9.17) is 10.2 Å². The van der Waals surface area contributed by atoms with Gasteiger partial charge in [-0.25, -0.2) is 13.6 Å². The highest BCUT2D eigenvalue weighted by Gasteiger charge is 2.08. The number of ether oxygens (including phenoxy) is 1. The summed E-state index contributed by atoms with van der Waals surface area (Å²) in [7, 11) is 1.11. The normalized spacial score (nSPS) is 11.2. The fourth-order valence-electron chi connectivity index (χ4n) is 1.39. The molecule has 0 aliphatic rings. The predicted octanol–water partition coefficient (Wildman–Crippen LogP) is 2.67. The molecule has 2 rings (SSSR count). The van der Waals surface area contributed by atoms with E-state index in [0.717, 1.165) is 18.2 Å². The van der Waals surface area contributed by atoms with Crippen LogP contribution in [-0.4, -0.2) is 29.6 Å². The molecule has 0 saturated heterocycles. The summed E-state index contributed by atoms with van der Waals surface area (Å²) < 4.78 is 29.2. The van der Waals surface area contributed by atoms with Crippen LogP contribution in [0.2, 0.25) is 0 Å². The summed E-state index contributed by atoms with van der Waals surface area (Å²) >= 11 is 0. The second kappa shape index (κ2) is 8.08. The molecule has 4 nitrogen and oxygen atoms in total. The molecule has 0 aliphatic heterocycles. The van der Waals surface area contributed by atoms with Crippen LogP contribution in [0.4, 0.5) is 8.78 Å². The van der Waals surface area contributed by atoms with Gasteiger partial charge in [0.25, 0.3) is 6.29 Å². The average molecular weight is 296 g/mol. The summed E-state index contributed by atoms with van der Waals surface area (Å²) in [5.41, 5.74) is 1.76. The van der Waals surface area contributed by atoms with E-state index in [9.17, 15) is 13.6 Å². The van der Waals surface area contributed by atoms with E-state index >= 15 is 0 Å². The van der Waals surface area contributed by atoms with E-state index in [1.165, 1.54) is 24.3 Å². The Morgan fingerprint density at radius 2 is 1.29 bits per heavy atom. The van der Waals surface area contributed by atoms with Crippen LogP contribution in [0.3, 0.4) is 0 Å². The van der Waals surface area contributed by atoms with Crippen molar-refractivity contribution < 1.29 is 28.5 Å². The van der Waals surface area contributed by atoms with Gasteiger partial charge in [0.05, 0.1) is 0 Å². The van der Waals surface area contributed by atoms with Crippen molar-refractivity contribution in [3.63, 3.8) is 0 Å². The van der Waals surface area contributed by atoms with E-state index in [0.29, 0.717) is 0 Å². The first-order chi connectivity index (χ1) is 9.93. The van der Waals surface area contributed by atoms with Gasteiger partial charge in [0.2, 0.25) is 0 Å². The number of benzene rings is 2. The molecule has 6 heteroatoms. The zero-order chi connectivity index (χ0) is 15.8. The van der Waals surface area contributed by atoms with Crippen LogP contribution in [0.15, 0.2) is 48.5 Å². The largest absolute Gasteiger partial charge is 0.477 e. The van der Waals surface area contributed by atoms with Crippen molar-refractivity contribution in [2.45, 2.75) is 6.29 Å². The minimum absolute atomic E-state index is 0.268. The van der Waals surface area contributed by atoms with Gasteiger partial charge < -0.3 is 14.9 Å². The number of hydrogen-bond acceptors (Lipinski definition) is 3. The lowest BCUT2D eigenvalue weighted by atomic mass is 10.1. The van der Waals surface area contributed by atoms with Gasteiger partial charge in [-0.15, -0.1) is 0 Å². The molecular formula is C15H14F2O4. The highest BCUT2D eigenvalue weighted by molar-refractivity contribution is 5.70. The molecular weight excluding hydrogens is 282 g/mol. The van der Waals surface area contributed by atoms with Crippen molar-refractivity contribution >= 4 is 5.97 Å². The van der Waals surface area contributed by atoms with Crippen molar-refractivity contribution in [3.05, 3.63) is 60.2 Å². The summed E-state index contributed by atoms with van der Waals surface area (Å²) in [4.78, 5) is 9.56.